The first-order valence-corrected chi connectivity index (χ1v) is 2.12. The number of hydrogen-bond donors (Lipinski definition) is 2. The number of carbonyl (C=O) groups is 1. The van der Waals surface area contributed by atoms with Crippen molar-refractivity contribution in [1.29, 1.82) is 0 Å². The van der Waals surface area contributed by atoms with Crippen LogP contribution in [0, 0.1) is 0 Å². The molecule has 0 heterocycles. The molecule has 4 nitrogen and oxygen atoms in total. The molecule has 8 heavy (non-hydrogen) atoms. The molecule has 0 bridgehead atoms. The van der Waals surface area contributed by atoms with Crippen molar-refractivity contribution in [2.24, 2.45) is 0 Å². The monoisotopic (exact) mass is 115 g/mol. The summed E-state index contributed by atoms with van der Waals surface area (Å²) in [5.41, 5.74) is 0. The van der Waals surface area contributed by atoms with Gasteiger partial charge in [-0.25, -0.2) is 0 Å². The molecule has 0 unspecified atom stereocenters. The fourth-order valence-corrected chi connectivity index (χ4v) is 0.205. The molecule has 0 rings (SSSR count). The van der Waals surface area contributed by atoms with Crippen LogP contribution in [0.1, 0.15) is 0 Å². The van der Waals surface area contributed by atoms with E-state index in [9.17, 15) is 9.59 Å². The molecule has 2 N–H and O–H groups in total. The Morgan fingerprint density at radius 3 is 2.75 bits per heavy atom. The van der Waals surface area contributed by atoms with Gasteiger partial charge < -0.3 is 10.6 Å². The van der Waals surface area contributed by atoms with E-state index in [2.05, 4.69) is 10.6 Å². The predicted octanol–water partition coefficient (Wildman–Crippen LogP) is -1.61. The van der Waals surface area contributed by atoms with E-state index in [-0.39, 0.29) is 12.5 Å². The Morgan fingerprint density at radius 2 is 2.38 bits per heavy atom. The Kier molecular flexibility index (Phi) is 3.56. The lowest BCUT2D eigenvalue weighted by Gasteiger charge is -1.93. The van der Waals surface area contributed by atoms with Gasteiger partial charge in [-0.05, 0) is 0 Å². The van der Waals surface area contributed by atoms with Gasteiger partial charge in [-0.15, -0.1) is 0 Å². The molecule has 0 aliphatic carbocycles. The van der Waals surface area contributed by atoms with E-state index >= 15 is 0 Å². The molecular formula is C4H7N2O2. The minimum absolute atomic E-state index is 0. The van der Waals surface area contributed by atoms with Crippen molar-refractivity contribution in [3.8, 4) is 0 Å². The highest BCUT2D eigenvalue weighted by Crippen LogP contribution is 1.53. The summed E-state index contributed by atoms with van der Waals surface area (Å²) in [6, 6.07) is 0. The average molecular weight is 115 g/mol. The maximum Gasteiger partial charge on any atom is 0.309 e. The van der Waals surface area contributed by atoms with Gasteiger partial charge in [0.25, 0.3) is 0 Å². The number of nitrogens with one attached hydrogen (secondary N) is 2. The molecule has 0 fully saturated rings. The quantitative estimate of drug-likeness (QED) is 0.435. The third-order valence-corrected chi connectivity index (χ3v) is 0.600. The van der Waals surface area contributed by atoms with Crippen molar-refractivity contribution >= 4 is 12.3 Å². The molecule has 0 aromatic heterocycles. The summed E-state index contributed by atoms with van der Waals surface area (Å²) < 4.78 is 0. The van der Waals surface area contributed by atoms with Gasteiger partial charge in [0.05, 0.1) is 6.54 Å². The lowest BCUT2D eigenvalue weighted by Crippen LogP contribution is -2.30. The zero-order valence-electron chi connectivity index (χ0n) is 4.52. The second-order valence-corrected chi connectivity index (χ2v) is 1.13. The van der Waals surface area contributed by atoms with Crippen LogP contribution in [0.25, 0.3) is 0 Å². The molecular weight excluding hydrogens is 108 g/mol. The van der Waals surface area contributed by atoms with Gasteiger partial charge in [0.2, 0.25) is 5.91 Å². The molecule has 0 spiro atoms. The Morgan fingerprint density at radius 1 is 1.75 bits per heavy atom. The molecule has 0 aliphatic heterocycles. The zero-order valence-corrected chi connectivity index (χ0v) is 4.52. The second-order valence-electron chi connectivity index (χ2n) is 1.13. The maximum absolute atomic E-state index is 10.2. The number of hydrogen-bond acceptors (Lipinski definition) is 2. The van der Waals surface area contributed by atoms with E-state index in [0.29, 0.717) is 0 Å². The largest absolute Gasteiger partial charge is 0.358 e. The zero-order chi connectivity index (χ0) is 6.41. The van der Waals surface area contributed by atoms with Crippen LogP contribution in [0.3, 0.4) is 0 Å². The lowest BCUT2D eigenvalue weighted by atomic mass is 10.6. The van der Waals surface area contributed by atoms with Crippen LogP contribution in [0.15, 0.2) is 0 Å². The Hall–Kier alpha value is -1.06. The number of likely N-dealkylation sites (N-methyl/N-ethyl adjacent to an activating group) is 1. The van der Waals surface area contributed by atoms with Gasteiger partial charge in [-0.3, -0.25) is 9.59 Å². The van der Waals surface area contributed by atoms with E-state index in [1.165, 1.54) is 13.5 Å². The molecule has 2 amide bonds. The fourth-order valence-electron chi connectivity index (χ4n) is 0.205. The van der Waals surface area contributed by atoms with Crippen LogP contribution in [0.2, 0.25) is 0 Å². The van der Waals surface area contributed by atoms with Crippen LogP contribution in [0.5, 0.6) is 0 Å². The Labute approximate surface area is 47.3 Å². The minimum atomic E-state index is -0.228. The van der Waals surface area contributed by atoms with Crippen molar-refractivity contribution in [2.45, 2.75) is 0 Å². The first-order chi connectivity index (χ1) is 3.81. The molecule has 1 radical (unpaired) electrons. The first kappa shape index (κ1) is 6.94. The fraction of sp³-hybridized carbons (Fsp3) is 0.500. The van der Waals surface area contributed by atoms with Crippen LogP contribution >= 0.6 is 0 Å². The molecule has 45 valence electrons. The molecule has 0 atom stereocenters. The smallest absolute Gasteiger partial charge is 0.309 e. The summed E-state index contributed by atoms with van der Waals surface area (Å²) >= 11 is 0. The van der Waals surface area contributed by atoms with Crippen molar-refractivity contribution in [3.05, 3.63) is 0 Å². The molecule has 0 aromatic rings. The third kappa shape index (κ3) is 3.14. The van der Waals surface area contributed by atoms with Crippen molar-refractivity contribution in [2.75, 3.05) is 13.6 Å². The van der Waals surface area contributed by atoms with E-state index in [4.69, 9.17) is 0 Å². The topological polar surface area (TPSA) is 58.2 Å². The number of amides is 2. The van der Waals surface area contributed by atoms with Gasteiger partial charge in [-0.2, -0.15) is 0 Å². The van der Waals surface area contributed by atoms with E-state index in [1.54, 1.807) is 0 Å². The van der Waals surface area contributed by atoms with Crippen molar-refractivity contribution in [1.82, 2.24) is 10.6 Å². The van der Waals surface area contributed by atoms with E-state index < -0.39 is 0 Å². The van der Waals surface area contributed by atoms with Crippen LogP contribution in [-0.4, -0.2) is 25.9 Å². The summed E-state index contributed by atoms with van der Waals surface area (Å²) in [6.07, 6.45) is 1.37. The standard InChI is InChI=1S/C4H7N2O2/c1-5-4(8)2-6-3-7/h2H2,1H3,(H,5,8)(H,6,7). The molecule has 0 saturated heterocycles. The number of rotatable bonds is 3. The Balaban J connectivity index is 3.11. The SMILES string of the molecule is CNC(=O)CN[C]=O. The molecule has 0 aliphatic rings. The predicted molar refractivity (Wildman–Crippen MR) is 27.8 cm³/mol. The highest BCUT2D eigenvalue weighted by Gasteiger charge is 1.91. The van der Waals surface area contributed by atoms with Crippen LogP contribution < -0.4 is 10.6 Å². The highest BCUT2D eigenvalue weighted by molar-refractivity contribution is 5.79. The molecule has 0 aromatic carbocycles. The average Bonchev–Trinajstić information content (AvgIpc) is 1.83. The minimum Gasteiger partial charge on any atom is -0.358 e. The van der Waals surface area contributed by atoms with Gasteiger partial charge in [0.1, 0.15) is 0 Å². The van der Waals surface area contributed by atoms with Crippen LogP contribution in [0.4, 0.5) is 0 Å². The summed E-state index contributed by atoms with van der Waals surface area (Å²) in [7, 11) is 1.49. The van der Waals surface area contributed by atoms with Gasteiger partial charge in [0.15, 0.2) is 0 Å². The summed E-state index contributed by atoms with van der Waals surface area (Å²) in [5.74, 6) is -0.228. The second kappa shape index (κ2) is 4.11. The van der Waals surface area contributed by atoms with Gasteiger partial charge in [0, 0.05) is 7.05 Å². The first-order valence-electron chi connectivity index (χ1n) is 2.12. The molecule has 4 heteroatoms. The van der Waals surface area contributed by atoms with Crippen molar-refractivity contribution in [3.63, 3.8) is 0 Å². The maximum atomic E-state index is 10.2. The lowest BCUT2D eigenvalue weighted by molar-refractivity contribution is -0.119. The number of carbonyl (C=O) groups excluding carboxylic acids is 2. The highest BCUT2D eigenvalue weighted by atomic mass is 16.2. The normalized spacial score (nSPS) is 7.62. The summed E-state index contributed by atoms with van der Waals surface area (Å²) in [5, 5.41) is 4.40. The van der Waals surface area contributed by atoms with E-state index in [0.717, 1.165) is 0 Å². The Bertz CT molecular complexity index is 92.0. The van der Waals surface area contributed by atoms with Gasteiger partial charge >= 0.3 is 6.41 Å². The third-order valence-electron chi connectivity index (χ3n) is 0.600. The van der Waals surface area contributed by atoms with Crippen LogP contribution in [-0.2, 0) is 9.59 Å². The van der Waals surface area contributed by atoms with E-state index in [1.807, 2.05) is 0 Å². The molecule has 0 saturated carbocycles. The summed E-state index contributed by atoms with van der Waals surface area (Å²) in [4.78, 5) is 19.6. The van der Waals surface area contributed by atoms with Gasteiger partial charge in [-0.1, -0.05) is 0 Å². The summed E-state index contributed by atoms with van der Waals surface area (Å²) in [6.45, 7) is 0. The van der Waals surface area contributed by atoms with Crippen molar-refractivity contribution < 1.29 is 9.59 Å².